The Morgan fingerprint density at radius 2 is 1.33 bits per heavy atom. The van der Waals surface area contributed by atoms with Crippen LogP contribution in [-0.4, -0.2) is 11.9 Å². The van der Waals surface area contributed by atoms with E-state index in [1.165, 1.54) is 0 Å². The molecule has 106 valence electrons. The first-order valence-electron chi connectivity index (χ1n) is 6.53. The van der Waals surface area contributed by atoms with E-state index in [-0.39, 0.29) is 18.3 Å². The second-order valence-electron chi connectivity index (χ2n) is 6.12. The van der Waals surface area contributed by atoms with Gasteiger partial charge in [0.2, 0.25) is 0 Å². The molecule has 0 aromatic carbocycles. The van der Waals surface area contributed by atoms with Gasteiger partial charge in [-0.1, -0.05) is 34.6 Å². The molecule has 0 saturated heterocycles. The highest BCUT2D eigenvalue weighted by atomic mass is 16.4. The van der Waals surface area contributed by atoms with Crippen molar-refractivity contribution in [1.29, 1.82) is 0 Å². The van der Waals surface area contributed by atoms with Gasteiger partial charge in [0.25, 0.3) is 0 Å². The van der Waals surface area contributed by atoms with Crippen LogP contribution in [0.4, 0.5) is 0 Å². The van der Waals surface area contributed by atoms with Crippen LogP contribution in [0.25, 0.3) is 0 Å². The maximum Gasteiger partial charge on any atom is 0.0479 e. The normalized spacial score (nSPS) is 13.9. The number of rotatable bonds is 8. The maximum atomic E-state index is 11.6. The van der Waals surface area contributed by atoms with Gasteiger partial charge in [0.1, 0.15) is 0 Å². The van der Waals surface area contributed by atoms with Gasteiger partial charge in [-0.2, -0.15) is 0 Å². The van der Waals surface area contributed by atoms with E-state index in [2.05, 4.69) is 0 Å². The lowest BCUT2D eigenvalue weighted by Gasteiger charge is -2.43. The van der Waals surface area contributed by atoms with Crippen LogP contribution in [0, 0.1) is 23.2 Å². The van der Waals surface area contributed by atoms with Crippen molar-refractivity contribution in [3.05, 3.63) is 0 Å². The van der Waals surface area contributed by atoms with Gasteiger partial charge >= 0.3 is 0 Å². The van der Waals surface area contributed by atoms with Gasteiger partial charge in [0.05, 0.1) is 0 Å². The summed E-state index contributed by atoms with van der Waals surface area (Å²) in [5.74, 6) is -2.49. The number of carboxylic acid groups (broad SMARTS) is 2. The fourth-order valence-corrected chi connectivity index (χ4v) is 2.76. The van der Waals surface area contributed by atoms with Crippen LogP contribution < -0.4 is 10.2 Å². The minimum Gasteiger partial charge on any atom is -0.550 e. The Hall–Kier alpha value is -1.06. The molecule has 0 aromatic rings. The van der Waals surface area contributed by atoms with E-state index < -0.39 is 23.3 Å². The van der Waals surface area contributed by atoms with Crippen molar-refractivity contribution in [3.8, 4) is 0 Å². The van der Waals surface area contributed by atoms with Crippen LogP contribution >= 0.6 is 0 Å². The molecular weight excluding hydrogens is 232 g/mol. The van der Waals surface area contributed by atoms with Crippen molar-refractivity contribution in [3.63, 3.8) is 0 Å². The summed E-state index contributed by atoms with van der Waals surface area (Å²) in [7, 11) is 0. The van der Waals surface area contributed by atoms with Crippen molar-refractivity contribution >= 4 is 11.9 Å². The summed E-state index contributed by atoms with van der Waals surface area (Å²) in [6.07, 6.45) is 0.622. The van der Waals surface area contributed by atoms with Crippen LogP contribution in [0.1, 0.15) is 53.9 Å². The highest BCUT2D eigenvalue weighted by Gasteiger charge is 2.38. The molecule has 0 radical (unpaired) electrons. The third kappa shape index (κ3) is 4.67. The van der Waals surface area contributed by atoms with E-state index in [0.29, 0.717) is 12.8 Å². The fraction of sp³-hybridized carbons (Fsp3) is 0.857. The van der Waals surface area contributed by atoms with Gasteiger partial charge in [-0.05, 0) is 37.0 Å². The molecule has 0 amide bonds. The Balaban J connectivity index is 5.29. The number of carbonyl (C=O) groups is 2. The molecule has 4 heteroatoms. The minimum atomic E-state index is -1.21. The molecular formula is C14H24O4-2. The van der Waals surface area contributed by atoms with Gasteiger partial charge in [-0.3, -0.25) is 0 Å². The van der Waals surface area contributed by atoms with Gasteiger partial charge < -0.3 is 19.8 Å². The Bertz CT molecular complexity index is 284. The van der Waals surface area contributed by atoms with E-state index in [1.54, 1.807) is 6.92 Å². The molecule has 0 saturated carbocycles. The summed E-state index contributed by atoms with van der Waals surface area (Å²) in [5, 5.41) is 22.3. The largest absolute Gasteiger partial charge is 0.550 e. The highest BCUT2D eigenvalue weighted by molar-refractivity contribution is 5.74. The van der Waals surface area contributed by atoms with Crippen LogP contribution in [0.15, 0.2) is 0 Å². The highest BCUT2D eigenvalue weighted by Crippen LogP contribution is 2.41. The predicted octanol–water partition coefficient (Wildman–Crippen LogP) is 0.591. The summed E-state index contributed by atoms with van der Waals surface area (Å²) < 4.78 is 0. The summed E-state index contributed by atoms with van der Waals surface area (Å²) in [4.78, 5) is 22.3. The zero-order valence-corrected chi connectivity index (χ0v) is 12.0. The predicted molar refractivity (Wildman–Crippen MR) is 65.1 cm³/mol. The van der Waals surface area contributed by atoms with Crippen LogP contribution in [0.3, 0.4) is 0 Å². The van der Waals surface area contributed by atoms with Gasteiger partial charge in [-0.15, -0.1) is 0 Å². The molecule has 1 atom stereocenters. The third-order valence-electron chi connectivity index (χ3n) is 3.37. The molecule has 0 bridgehead atoms. The van der Waals surface area contributed by atoms with Crippen molar-refractivity contribution in [1.82, 2.24) is 0 Å². The average molecular weight is 256 g/mol. The minimum absolute atomic E-state index is 0.172. The molecule has 0 aliphatic rings. The molecule has 0 aromatic heterocycles. The first-order chi connectivity index (χ1) is 8.11. The maximum absolute atomic E-state index is 11.6. The van der Waals surface area contributed by atoms with Gasteiger partial charge in [-0.25, -0.2) is 0 Å². The first kappa shape index (κ1) is 16.9. The second-order valence-corrected chi connectivity index (χ2v) is 6.12. The smallest absolute Gasteiger partial charge is 0.0479 e. The average Bonchev–Trinajstić information content (AvgIpc) is 2.13. The van der Waals surface area contributed by atoms with E-state index in [9.17, 15) is 19.8 Å². The first-order valence-corrected chi connectivity index (χ1v) is 6.53. The zero-order valence-electron chi connectivity index (χ0n) is 12.0. The molecule has 4 nitrogen and oxygen atoms in total. The monoisotopic (exact) mass is 256 g/mol. The van der Waals surface area contributed by atoms with E-state index in [1.807, 2.05) is 27.7 Å². The van der Waals surface area contributed by atoms with Crippen LogP contribution in [0.5, 0.6) is 0 Å². The molecule has 0 aliphatic carbocycles. The number of carboxylic acids is 2. The number of aliphatic carboxylic acids is 2. The third-order valence-corrected chi connectivity index (χ3v) is 3.37. The second kappa shape index (κ2) is 6.76. The van der Waals surface area contributed by atoms with Gasteiger partial charge in [0.15, 0.2) is 0 Å². The SMILES string of the molecule is CC(C)CC(CC(C)C)(C(=O)[O-])C(C)CC(=O)[O-]. The zero-order chi connectivity index (χ0) is 14.5. The molecule has 0 rings (SSSR count). The Labute approximate surface area is 109 Å². The summed E-state index contributed by atoms with van der Waals surface area (Å²) in [6, 6.07) is 0. The Kier molecular flexibility index (Phi) is 6.36. The topological polar surface area (TPSA) is 80.3 Å². The Morgan fingerprint density at radius 1 is 0.944 bits per heavy atom. The van der Waals surface area contributed by atoms with Crippen LogP contribution in [0.2, 0.25) is 0 Å². The molecule has 0 aliphatic heterocycles. The fourth-order valence-electron chi connectivity index (χ4n) is 2.76. The molecule has 0 heterocycles. The standard InChI is InChI=1S/C14H26O4/c1-9(2)7-14(13(17)18,8-10(3)4)11(5)6-12(15)16/h9-11H,6-8H2,1-5H3,(H,15,16)(H,17,18)/p-2. The van der Waals surface area contributed by atoms with Crippen molar-refractivity contribution in [2.24, 2.45) is 23.2 Å². The number of carbonyl (C=O) groups excluding carboxylic acids is 2. The molecule has 1 unspecified atom stereocenters. The summed E-state index contributed by atoms with van der Waals surface area (Å²) in [5.41, 5.74) is -1.08. The van der Waals surface area contributed by atoms with Crippen molar-refractivity contribution < 1.29 is 19.8 Å². The quantitative estimate of drug-likeness (QED) is 0.636. The van der Waals surface area contributed by atoms with E-state index in [4.69, 9.17) is 0 Å². The van der Waals surface area contributed by atoms with Crippen molar-refractivity contribution in [2.45, 2.75) is 53.9 Å². The number of hydrogen-bond donors (Lipinski definition) is 0. The molecule has 0 N–H and O–H groups in total. The lowest BCUT2D eigenvalue weighted by Crippen LogP contribution is -2.49. The Morgan fingerprint density at radius 3 is 1.56 bits per heavy atom. The van der Waals surface area contributed by atoms with Crippen LogP contribution in [-0.2, 0) is 9.59 Å². The summed E-state index contributed by atoms with van der Waals surface area (Å²) in [6.45, 7) is 9.40. The lowest BCUT2D eigenvalue weighted by atomic mass is 9.65. The molecule has 0 fully saturated rings. The summed E-state index contributed by atoms with van der Waals surface area (Å²) >= 11 is 0. The lowest BCUT2D eigenvalue weighted by molar-refractivity contribution is -0.325. The number of hydrogen-bond acceptors (Lipinski definition) is 4. The molecule has 18 heavy (non-hydrogen) atoms. The molecule has 0 spiro atoms. The van der Waals surface area contributed by atoms with E-state index >= 15 is 0 Å². The van der Waals surface area contributed by atoms with Gasteiger partial charge in [0, 0.05) is 17.4 Å². The van der Waals surface area contributed by atoms with Crippen molar-refractivity contribution in [2.75, 3.05) is 0 Å². The van der Waals surface area contributed by atoms with E-state index in [0.717, 1.165) is 0 Å².